The third-order valence-corrected chi connectivity index (χ3v) is 4.93. The molecule has 1 saturated heterocycles. The molecular formula is C16H19N7S. The van der Waals surface area contributed by atoms with Gasteiger partial charge in [-0.1, -0.05) is 11.8 Å². The standard InChI is InChI=1S/C16H19N7S/c1-24-16-19-7-11(8-20-16)12-9-21-23-14(17)5-13(22-15(12)23)10-3-2-4-18-6-10/h5,7-10,18H,2-4,6,17H2,1H3. The predicted molar refractivity (Wildman–Crippen MR) is 95.1 cm³/mol. The number of piperidine rings is 1. The molecule has 8 heteroatoms. The molecule has 1 aliphatic heterocycles. The monoisotopic (exact) mass is 341 g/mol. The Bertz CT molecular complexity index is 853. The quantitative estimate of drug-likeness (QED) is 0.555. The van der Waals surface area contributed by atoms with E-state index in [9.17, 15) is 0 Å². The first-order valence-electron chi connectivity index (χ1n) is 7.97. The molecule has 1 atom stereocenters. The van der Waals surface area contributed by atoms with Crippen molar-refractivity contribution in [3.05, 3.63) is 30.4 Å². The second-order valence-electron chi connectivity index (χ2n) is 5.90. The van der Waals surface area contributed by atoms with E-state index in [4.69, 9.17) is 10.7 Å². The van der Waals surface area contributed by atoms with Crippen LogP contribution in [-0.4, -0.2) is 43.9 Å². The Hall–Kier alpha value is -2.19. The van der Waals surface area contributed by atoms with Crippen LogP contribution in [0.4, 0.5) is 5.82 Å². The summed E-state index contributed by atoms with van der Waals surface area (Å²) < 4.78 is 1.68. The Morgan fingerprint density at radius 3 is 2.83 bits per heavy atom. The molecule has 0 amide bonds. The van der Waals surface area contributed by atoms with E-state index in [1.807, 2.05) is 24.7 Å². The van der Waals surface area contributed by atoms with Crippen LogP contribution in [0.5, 0.6) is 0 Å². The minimum Gasteiger partial charge on any atom is -0.384 e. The topological polar surface area (TPSA) is 94.0 Å². The minimum absolute atomic E-state index is 0.393. The summed E-state index contributed by atoms with van der Waals surface area (Å²) in [7, 11) is 0. The molecule has 0 radical (unpaired) electrons. The average molecular weight is 341 g/mol. The van der Waals surface area contributed by atoms with Gasteiger partial charge >= 0.3 is 0 Å². The lowest BCUT2D eigenvalue weighted by Gasteiger charge is -2.22. The van der Waals surface area contributed by atoms with Gasteiger partial charge in [0, 0.05) is 42.0 Å². The zero-order valence-corrected chi connectivity index (χ0v) is 14.3. The summed E-state index contributed by atoms with van der Waals surface area (Å²) in [5.74, 6) is 0.998. The van der Waals surface area contributed by atoms with E-state index in [0.717, 1.165) is 53.6 Å². The number of aromatic nitrogens is 5. The fraction of sp³-hybridized carbons (Fsp3) is 0.375. The molecule has 24 heavy (non-hydrogen) atoms. The van der Waals surface area contributed by atoms with Gasteiger partial charge in [0.2, 0.25) is 0 Å². The van der Waals surface area contributed by atoms with Crippen molar-refractivity contribution in [1.29, 1.82) is 0 Å². The van der Waals surface area contributed by atoms with E-state index < -0.39 is 0 Å². The van der Waals surface area contributed by atoms with Gasteiger partial charge in [0.1, 0.15) is 5.82 Å². The second-order valence-corrected chi connectivity index (χ2v) is 6.67. The van der Waals surface area contributed by atoms with Gasteiger partial charge in [-0.25, -0.2) is 15.0 Å². The first-order valence-corrected chi connectivity index (χ1v) is 9.20. The Morgan fingerprint density at radius 1 is 1.29 bits per heavy atom. The molecule has 7 nitrogen and oxygen atoms in total. The van der Waals surface area contributed by atoms with E-state index in [0.29, 0.717) is 11.7 Å². The van der Waals surface area contributed by atoms with Gasteiger partial charge in [0.25, 0.3) is 0 Å². The highest BCUT2D eigenvalue weighted by atomic mass is 32.2. The first-order chi connectivity index (χ1) is 11.8. The van der Waals surface area contributed by atoms with Crippen LogP contribution < -0.4 is 11.1 Å². The summed E-state index contributed by atoms with van der Waals surface area (Å²) in [6, 6.07) is 1.94. The molecule has 1 fully saturated rings. The number of hydrogen-bond donors (Lipinski definition) is 2. The third kappa shape index (κ3) is 2.71. The Balaban J connectivity index is 1.79. The van der Waals surface area contributed by atoms with Crippen LogP contribution in [0.3, 0.4) is 0 Å². The van der Waals surface area contributed by atoms with Crippen molar-refractivity contribution in [2.45, 2.75) is 23.9 Å². The zero-order chi connectivity index (χ0) is 16.5. The number of nitrogens with zero attached hydrogens (tertiary/aromatic N) is 5. The van der Waals surface area contributed by atoms with Crippen molar-refractivity contribution in [3.63, 3.8) is 0 Å². The molecule has 3 aromatic rings. The second kappa shape index (κ2) is 6.37. The summed E-state index contributed by atoms with van der Waals surface area (Å²) in [4.78, 5) is 13.5. The fourth-order valence-electron chi connectivity index (χ4n) is 3.08. The number of thioether (sulfide) groups is 1. The average Bonchev–Trinajstić information content (AvgIpc) is 3.07. The first kappa shape index (κ1) is 15.3. The third-order valence-electron chi connectivity index (χ3n) is 4.36. The summed E-state index contributed by atoms with van der Waals surface area (Å²) >= 11 is 1.52. The van der Waals surface area contributed by atoms with Crippen molar-refractivity contribution in [3.8, 4) is 11.1 Å². The summed E-state index contributed by atoms with van der Waals surface area (Å²) in [6.07, 6.45) is 9.64. The molecule has 4 rings (SSSR count). The van der Waals surface area contributed by atoms with E-state index in [-0.39, 0.29) is 0 Å². The molecule has 3 aromatic heterocycles. The van der Waals surface area contributed by atoms with Gasteiger partial charge in [0.05, 0.1) is 11.9 Å². The van der Waals surface area contributed by atoms with Gasteiger partial charge in [-0.3, -0.25) is 0 Å². The zero-order valence-electron chi connectivity index (χ0n) is 13.4. The van der Waals surface area contributed by atoms with Crippen molar-refractivity contribution in [2.75, 3.05) is 25.1 Å². The highest BCUT2D eigenvalue weighted by Gasteiger charge is 2.20. The van der Waals surface area contributed by atoms with Crippen molar-refractivity contribution >= 4 is 23.2 Å². The van der Waals surface area contributed by atoms with Crippen LogP contribution in [0.25, 0.3) is 16.8 Å². The lowest BCUT2D eigenvalue weighted by atomic mass is 9.96. The Morgan fingerprint density at radius 2 is 2.12 bits per heavy atom. The number of nitrogen functional groups attached to an aromatic ring is 1. The molecule has 124 valence electrons. The maximum atomic E-state index is 6.21. The SMILES string of the molecule is CSc1ncc(-c2cnn3c(N)cc(C4CCCNC4)nc23)cn1. The maximum Gasteiger partial charge on any atom is 0.187 e. The normalized spacial score (nSPS) is 18.1. The molecule has 0 saturated carbocycles. The smallest absolute Gasteiger partial charge is 0.187 e. The van der Waals surface area contributed by atoms with Crippen molar-refractivity contribution in [1.82, 2.24) is 29.9 Å². The predicted octanol–water partition coefficient (Wildman–Crippen LogP) is 1.96. The molecule has 0 aromatic carbocycles. The lowest BCUT2D eigenvalue weighted by Crippen LogP contribution is -2.29. The van der Waals surface area contributed by atoms with E-state index >= 15 is 0 Å². The number of nitrogens with one attached hydrogen (secondary N) is 1. The van der Waals surface area contributed by atoms with Gasteiger partial charge in [-0.2, -0.15) is 9.61 Å². The Labute approximate surface area is 144 Å². The number of fused-ring (bicyclic) bond motifs is 1. The van der Waals surface area contributed by atoms with Gasteiger partial charge in [-0.15, -0.1) is 0 Å². The molecule has 3 N–H and O–H groups in total. The number of rotatable bonds is 3. The number of hydrogen-bond acceptors (Lipinski definition) is 7. The van der Waals surface area contributed by atoms with E-state index in [2.05, 4.69) is 20.4 Å². The largest absolute Gasteiger partial charge is 0.384 e. The number of anilines is 1. The van der Waals surface area contributed by atoms with Crippen molar-refractivity contribution in [2.24, 2.45) is 0 Å². The summed E-state index contributed by atoms with van der Waals surface area (Å²) in [5.41, 5.74) is 9.79. The van der Waals surface area contributed by atoms with Crippen LogP contribution in [0.1, 0.15) is 24.5 Å². The van der Waals surface area contributed by atoms with Crippen LogP contribution in [0.2, 0.25) is 0 Å². The summed E-state index contributed by atoms with van der Waals surface area (Å²) in [5, 5.41) is 8.55. The van der Waals surface area contributed by atoms with Crippen LogP contribution in [-0.2, 0) is 0 Å². The van der Waals surface area contributed by atoms with E-state index in [1.54, 1.807) is 10.7 Å². The fourth-order valence-corrected chi connectivity index (χ4v) is 3.40. The van der Waals surface area contributed by atoms with E-state index in [1.165, 1.54) is 11.8 Å². The molecule has 0 bridgehead atoms. The molecule has 1 unspecified atom stereocenters. The molecule has 0 spiro atoms. The van der Waals surface area contributed by atoms with Crippen LogP contribution in [0, 0.1) is 0 Å². The van der Waals surface area contributed by atoms with Gasteiger partial charge < -0.3 is 11.1 Å². The number of nitrogens with two attached hydrogens (primary N) is 1. The van der Waals surface area contributed by atoms with Gasteiger partial charge in [-0.05, 0) is 25.6 Å². The minimum atomic E-state index is 0.393. The molecule has 1 aliphatic rings. The molecule has 4 heterocycles. The lowest BCUT2D eigenvalue weighted by molar-refractivity contribution is 0.455. The highest BCUT2D eigenvalue weighted by molar-refractivity contribution is 7.98. The maximum absolute atomic E-state index is 6.21. The molecular weight excluding hydrogens is 322 g/mol. The highest BCUT2D eigenvalue weighted by Crippen LogP contribution is 2.28. The summed E-state index contributed by atoms with van der Waals surface area (Å²) in [6.45, 7) is 2.02. The van der Waals surface area contributed by atoms with Crippen LogP contribution >= 0.6 is 11.8 Å². The van der Waals surface area contributed by atoms with Crippen molar-refractivity contribution < 1.29 is 0 Å². The van der Waals surface area contributed by atoms with Gasteiger partial charge in [0.15, 0.2) is 10.8 Å². The Kier molecular flexibility index (Phi) is 4.07. The molecule has 0 aliphatic carbocycles. The van der Waals surface area contributed by atoms with Crippen LogP contribution in [0.15, 0.2) is 29.8 Å².